The highest BCUT2D eigenvalue weighted by Crippen LogP contribution is 2.43. The number of nitrogen functional groups attached to an aromatic ring is 1. The standard InChI is InChI=1S/C23H21F6N7O3/c1-39-20-12(19(37)34-15-8-35(7-14(15)24)21(38)11-4-22(25,26)5-11)2-10(6-31-20)16-3-13(23(27,28)29)17-18(30)32-9-33-36(16)17/h2-3,6,9,11,14-15H,4-5,7-8H2,1H3,(H,34,37)(H2,30,32,33)/t14-,15?/m1/s1. The summed E-state index contributed by atoms with van der Waals surface area (Å²) in [5.74, 6) is -5.91. The SMILES string of the molecule is COc1ncc(-c2cc(C(F)(F)F)c3c(N)ncnn23)cc1C(=O)NC1CN(C(=O)C2CC(F)(F)C2)C[C@H]1F. The summed E-state index contributed by atoms with van der Waals surface area (Å²) in [6.07, 6.45) is -5.54. The Kier molecular flexibility index (Phi) is 6.30. The van der Waals surface area contributed by atoms with Crippen molar-refractivity contribution < 1.29 is 40.7 Å². The Labute approximate surface area is 216 Å². The van der Waals surface area contributed by atoms with Crippen molar-refractivity contribution in [2.24, 2.45) is 5.92 Å². The lowest BCUT2D eigenvalue weighted by Crippen LogP contribution is -2.47. The summed E-state index contributed by atoms with van der Waals surface area (Å²) in [7, 11) is 1.21. The Balaban J connectivity index is 1.41. The van der Waals surface area contributed by atoms with Crippen molar-refractivity contribution in [3.8, 4) is 17.1 Å². The van der Waals surface area contributed by atoms with Crippen LogP contribution in [0.1, 0.15) is 28.8 Å². The van der Waals surface area contributed by atoms with Crippen LogP contribution in [0.3, 0.4) is 0 Å². The van der Waals surface area contributed by atoms with Crippen molar-refractivity contribution >= 4 is 23.1 Å². The third-order valence-electron chi connectivity index (χ3n) is 6.79. The van der Waals surface area contributed by atoms with Gasteiger partial charge in [0.25, 0.3) is 5.91 Å². The summed E-state index contributed by atoms with van der Waals surface area (Å²) in [4.78, 5) is 34.3. The van der Waals surface area contributed by atoms with Gasteiger partial charge >= 0.3 is 6.18 Å². The lowest BCUT2D eigenvalue weighted by molar-refractivity contribution is -0.159. The molecule has 1 saturated carbocycles. The largest absolute Gasteiger partial charge is 0.480 e. The third kappa shape index (κ3) is 4.78. The van der Waals surface area contributed by atoms with Gasteiger partial charge in [-0.1, -0.05) is 0 Å². The molecule has 3 aromatic rings. The van der Waals surface area contributed by atoms with Crippen LogP contribution in [0.4, 0.5) is 32.2 Å². The number of pyridine rings is 1. The molecule has 0 aromatic carbocycles. The molecule has 2 fully saturated rings. The molecule has 10 nitrogen and oxygen atoms in total. The molecule has 5 rings (SSSR count). The fraction of sp³-hybridized carbons (Fsp3) is 0.435. The molecule has 3 aromatic heterocycles. The van der Waals surface area contributed by atoms with E-state index in [0.717, 1.165) is 28.0 Å². The first-order chi connectivity index (χ1) is 18.3. The number of hydrogen-bond donors (Lipinski definition) is 2. The fourth-order valence-electron chi connectivity index (χ4n) is 4.83. The molecule has 0 bridgehead atoms. The van der Waals surface area contributed by atoms with Crippen LogP contribution in [0.5, 0.6) is 5.88 Å². The summed E-state index contributed by atoms with van der Waals surface area (Å²) >= 11 is 0. The van der Waals surface area contributed by atoms with E-state index in [2.05, 4.69) is 20.4 Å². The van der Waals surface area contributed by atoms with Gasteiger partial charge in [-0.3, -0.25) is 9.59 Å². The van der Waals surface area contributed by atoms with Gasteiger partial charge in [0.2, 0.25) is 17.7 Å². The van der Waals surface area contributed by atoms with Gasteiger partial charge in [0.1, 0.15) is 23.6 Å². The number of likely N-dealkylation sites (tertiary alicyclic amines) is 1. The van der Waals surface area contributed by atoms with E-state index >= 15 is 0 Å². The number of carbonyl (C=O) groups excluding carboxylic acids is 2. The number of rotatable bonds is 5. The van der Waals surface area contributed by atoms with Gasteiger partial charge < -0.3 is 20.7 Å². The van der Waals surface area contributed by atoms with Crippen LogP contribution in [0, 0.1) is 5.92 Å². The van der Waals surface area contributed by atoms with Gasteiger partial charge in [0.15, 0.2) is 5.82 Å². The number of nitrogens with two attached hydrogens (primary N) is 1. The maximum absolute atomic E-state index is 14.7. The molecular weight excluding hydrogens is 536 g/mol. The molecule has 2 aliphatic rings. The van der Waals surface area contributed by atoms with E-state index in [1.807, 2.05) is 0 Å². The van der Waals surface area contributed by atoms with Crippen molar-refractivity contribution in [3.63, 3.8) is 0 Å². The molecule has 3 N–H and O–H groups in total. The summed E-state index contributed by atoms with van der Waals surface area (Å²) in [6.45, 7) is -0.615. The van der Waals surface area contributed by atoms with E-state index in [4.69, 9.17) is 10.5 Å². The van der Waals surface area contributed by atoms with Crippen molar-refractivity contribution in [2.75, 3.05) is 25.9 Å². The van der Waals surface area contributed by atoms with E-state index in [1.54, 1.807) is 0 Å². The number of aromatic nitrogens is 4. The van der Waals surface area contributed by atoms with Crippen LogP contribution in [-0.2, 0) is 11.0 Å². The molecule has 4 heterocycles. The number of halogens is 6. The number of nitrogens with one attached hydrogen (secondary N) is 1. The molecule has 1 aliphatic carbocycles. The Morgan fingerprint density at radius 2 is 1.90 bits per heavy atom. The van der Waals surface area contributed by atoms with E-state index < -0.39 is 71.8 Å². The van der Waals surface area contributed by atoms with Crippen LogP contribution < -0.4 is 15.8 Å². The number of anilines is 1. The van der Waals surface area contributed by atoms with Crippen molar-refractivity contribution in [3.05, 3.63) is 35.8 Å². The molecule has 16 heteroatoms. The van der Waals surface area contributed by atoms with Gasteiger partial charge in [0.05, 0.1) is 31.0 Å². The van der Waals surface area contributed by atoms with Crippen LogP contribution >= 0.6 is 0 Å². The Morgan fingerprint density at radius 3 is 2.54 bits per heavy atom. The van der Waals surface area contributed by atoms with Gasteiger partial charge in [-0.2, -0.15) is 18.3 Å². The first kappa shape index (κ1) is 26.5. The first-order valence-electron chi connectivity index (χ1n) is 11.6. The van der Waals surface area contributed by atoms with Crippen molar-refractivity contribution in [2.45, 2.75) is 37.2 Å². The number of fused-ring (bicyclic) bond motifs is 1. The number of hydrogen-bond acceptors (Lipinski definition) is 7. The summed E-state index contributed by atoms with van der Waals surface area (Å²) < 4.78 is 88.1. The molecule has 39 heavy (non-hydrogen) atoms. The molecule has 1 saturated heterocycles. The zero-order valence-electron chi connectivity index (χ0n) is 20.2. The maximum Gasteiger partial charge on any atom is 0.418 e. The number of amides is 2. The average Bonchev–Trinajstić information content (AvgIpc) is 3.43. The number of nitrogens with zero attached hydrogens (tertiary/aromatic N) is 5. The van der Waals surface area contributed by atoms with Crippen molar-refractivity contribution in [1.29, 1.82) is 0 Å². The average molecular weight is 557 g/mol. The topological polar surface area (TPSA) is 128 Å². The number of alkyl halides is 6. The molecular formula is C23H21F6N7O3. The first-order valence-corrected chi connectivity index (χ1v) is 11.6. The minimum atomic E-state index is -4.79. The maximum atomic E-state index is 14.7. The van der Waals surface area contributed by atoms with Crippen LogP contribution in [-0.4, -0.2) is 74.6 Å². The molecule has 1 unspecified atom stereocenters. The zero-order valence-corrected chi connectivity index (χ0v) is 20.2. The van der Waals surface area contributed by atoms with Crippen LogP contribution in [0.25, 0.3) is 16.8 Å². The molecule has 2 amide bonds. The third-order valence-corrected chi connectivity index (χ3v) is 6.79. The molecule has 2 atom stereocenters. The van der Waals surface area contributed by atoms with E-state index in [1.165, 1.54) is 13.2 Å². The second-order valence-corrected chi connectivity index (χ2v) is 9.43. The smallest absolute Gasteiger partial charge is 0.418 e. The second-order valence-electron chi connectivity index (χ2n) is 9.43. The summed E-state index contributed by atoms with van der Waals surface area (Å²) in [5.41, 5.74) is 3.80. The molecule has 0 spiro atoms. The molecule has 1 aliphatic heterocycles. The Bertz CT molecular complexity index is 1450. The van der Waals surface area contributed by atoms with Gasteiger partial charge in [-0.25, -0.2) is 27.7 Å². The molecule has 0 radical (unpaired) electrons. The minimum Gasteiger partial charge on any atom is -0.480 e. The Hall–Kier alpha value is -4.11. The monoisotopic (exact) mass is 557 g/mol. The van der Waals surface area contributed by atoms with E-state index in [0.29, 0.717) is 0 Å². The normalized spacial score (nSPS) is 21.2. The predicted molar refractivity (Wildman–Crippen MR) is 123 cm³/mol. The highest BCUT2D eigenvalue weighted by Gasteiger charge is 2.51. The number of carbonyl (C=O) groups is 2. The van der Waals surface area contributed by atoms with Crippen molar-refractivity contribution in [1.82, 2.24) is 29.8 Å². The van der Waals surface area contributed by atoms with Gasteiger partial charge in [0, 0.05) is 37.1 Å². The second kappa shape index (κ2) is 9.27. The number of methoxy groups -OCH3 is 1. The van der Waals surface area contributed by atoms with Gasteiger partial charge in [-0.15, -0.1) is 0 Å². The quantitative estimate of drug-likeness (QED) is 0.462. The summed E-state index contributed by atoms with van der Waals surface area (Å²) in [6, 6.07) is 0.824. The van der Waals surface area contributed by atoms with Crippen LogP contribution in [0.2, 0.25) is 0 Å². The Morgan fingerprint density at radius 1 is 1.18 bits per heavy atom. The molecule has 208 valence electrons. The van der Waals surface area contributed by atoms with E-state index in [-0.39, 0.29) is 35.8 Å². The highest BCUT2D eigenvalue weighted by molar-refractivity contribution is 5.98. The predicted octanol–water partition coefficient (Wildman–Crippen LogP) is 2.72. The lowest BCUT2D eigenvalue weighted by Gasteiger charge is -2.36. The van der Waals surface area contributed by atoms with Crippen LogP contribution in [0.15, 0.2) is 24.7 Å². The number of ether oxygens (including phenoxy) is 1. The fourth-order valence-corrected chi connectivity index (χ4v) is 4.83. The lowest BCUT2D eigenvalue weighted by atomic mass is 9.80. The van der Waals surface area contributed by atoms with E-state index in [9.17, 15) is 35.9 Å². The highest BCUT2D eigenvalue weighted by atomic mass is 19.4. The van der Waals surface area contributed by atoms with Gasteiger partial charge in [-0.05, 0) is 12.1 Å². The summed E-state index contributed by atoms with van der Waals surface area (Å²) in [5, 5.41) is 6.30. The minimum absolute atomic E-state index is 0.0375. The zero-order chi connectivity index (χ0) is 28.3.